The molecule has 80 valence electrons. The van der Waals surface area contributed by atoms with Crippen LogP contribution in [0.15, 0.2) is 0 Å². The second-order valence-electron chi connectivity index (χ2n) is 3.79. The average Bonchev–Trinajstić information content (AvgIpc) is 2.97. The van der Waals surface area contributed by atoms with Crippen molar-refractivity contribution in [2.75, 3.05) is 20.7 Å². The minimum atomic E-state index is -0.268. The van der Waals surface area contributed by atoms with Crippen molar-refractivity contribution in [2.45, 2.75) is 25.7 Å². The molecular formula is C10H17NO3. The van der Waals surface area contributed by atoms with Crippen molar-refractivity contribution in [1.82, 2.24) is 4.90 Å². The van der Waals surface area contributed by atoms with Crippen LogP contribution < -0.4 is 0 Å². The van der Waals surface area contributed by atoms with Crippen molar-refractivity contribution < 1.29 is 14.3 Å². The van der Waals surface area contributed by atoms with Gasteiger partial charge in [-0.15, -0.1) is 0 Å². The number of esters is 1. The van der Waals surface area contributed by atoms with Gasteiger partial charge in [0.05, 0.1) is 13.5 Å². The van der Waals surface area contributed by atoms with Gasteiger partial charge in [-0.3, -0.25) is 9.59 Å². The van der Waals surface area contributed by atoms with E-state index in [2.05, 4.69) is 4.74 Å². The number of ether oxygens (including phenoxy) is 1. The van der Waals surface area contributed by atoms with Gasteiger partial charge in [-0.1, -0.05) is 0 Å². The van der Waals surface area contributed by atoms with Gasteiger partial charge in [-0.25, -0.2) is 0 Å². The van der Waals surface area contributed by atoms with Gasteiger partial charge in [-0.05, 0) is 18.8 Å². The SMILES string of the molecule is COC(=O)CCN(C)C(=O)CC1CC1. The van der Waals surface area contributed by atoms with Gasteiger partial charge < -0.3 is 9.64 Å². The molecule has 0 unspecified atom stereocenters. The minimum Gasteiger partial charge on any atom is -0.469 e. The summed E-state index contributed by atoms with van der Waals surface area (Å²) in [4.78, 5) is 23.9. The lowest BCUT2D eigenvalue weighted by molar-refractivity contribution is -0.141. The zero-order chi connectivity index (χ0) is 10.6. The Hall–Kier alpha value is -1.06. The Bertz CT molecular complexity index is 223. The lowest BCUT2D eigenvalue weighted by Gasteiger charge is -2.15. The lowest BCUT2D eigenvalue weighted by Crippen LogP contribution is -2.29. The van der Waals surface area contributed by atoms with E-state index < -0.39 is 0 Å². The van der Waals surface area contributed by atoms with E-state index in [-0.39, 0.29) is 18.3 Å². The predicted octanol–water partition coefficient (Wildman–Crippen LogP) is 0.808. The van der Waals surface area contributed by atoms with Crippen LogP contribution in [-0.2, 0) is 14.3 Å². The number of methoxy groups -OCH3 is 1. The summed E-state index contributed by atoms with van der Waals surface area (Å²) in [7, 11) is 3.09. The zero-order valence-electron chi connectivity index (χ0n) is 8.78. The van der Waals surface area contributed by atoms with E-state index in [0.29, 0.717) is 18.9 Å². The number of amides is 1. The monoisotopic (exact) mass is 199 g/mol. The van der Waals surface area contributed by atoms with Crippen molar-refractivity contribution in [3.05, 3.63) is 0 Å². The molecule has 1 fully saturated rings. The Morgan fingerprint density at radius 1 is 1.43 bits per heavy atom. The Labute approximate surface area is 84.2 Å². The number of carbonyl (C=O) groups excluding carboxylic acids is 2. The van der Waals surface area contributed by atoms with E-state index >= 15 is 0 Å². The maximum Gasteiger partial charge on any atom is 0.307 e. The first-order valence-electron chi connectivity index (χ1n) is 4.94. The molecule has 1 rings (SSSR count). The van der Waals surface area contributed by atoms with Crippen LogP contribution in [-0.4, -0.2) is 37.5 Å². The van der Waals surface area contributed by atoms with Crippen LogP contribution in [0.4, 0.5) is 0 Å². The van der Waals surface area contributed by atoms with Gasteiger partial charge in [0.2, 0.25) is 5.91 Å². The summed E-state index contributed by atoms with van der Waals surface area (Å²) in [5.41, 5.74) is 0. The predicted molar refractivity (Wildman–Crippen MR) is 51.6 cm³/mol. The first-order chi connectivity index (χ1) is 6.63. The first kappa shape index (κ1) is 11.0. The second kappa shape index (κ2) is 4.98. The Kier molecular flexibility index (Phi) is 3.92. The highest BCUT2D eigenvalue weighted by Crippen LogP contribution is 2.32. The van der Waals surface area contributed by atoms with E-state index in [0.717, 1.165) is 0 Å². The third kappa shape index (κ3) is 3.77. The number of rotatable bonds is 5. The van der Waals surface area contributed by atoms with Gasteiger partial charge in [-0.2, -0.15) is 0 Å². The van der Waals surface area contributed by atoms with E-state index in [9.17, 15) is 9.59 Å². The van der Waals surface area contributed by atoms with Crippen molar-refractivity contribution in [3.63, 3.8) is 0 Å². The average molecular weight is 199 g/mol. The molecular weight excluding hydrogens is 182 g/mol. The Morgan fingerprint density at radius 2 is 2.07 bits per heavy atom. The number of hydrogen-bond acceptors (Lipinski definition) is 3. The van der Waals surface area contributed by atoms with Crippen LogP contribution in [0.3, 0.4) is 0 Å². The summed E-state index contributed by atoms with van der Waals surface area (Å²) in [6.07, 6.45) is 3.27. The molecule has 0 aromatic heterocycles. The van der Waals surface area contributed by atoms with Crippen molar-refractivity contribution >= 4 is 11.9 Å². The van der Waals surface area contributed by atoms with Crippen LogP contribution in [0.1, 0.15) is 25.7 Å². The molecule has 0 saturated heterocycles. The molecule has 0 bridgehead atoms. The first-order valence-corrected chi connectivity index (χ1v) is 4.94. The second-order valence-corrected chi connectivity index (χ2v) is 3.79. The molecule has 0 aromatic rings. The molecule has 0 heterocycles. The number of hydrogen-bond donors (Lipinski definition) is 0. The van der Waals surface area contributed by atoms with Crippen molar-refractivity contribution in [1.29, 1.82) is 0 Å². The van der Waals surface area contributed by atoms with Crippen LogP contribution >= 0.6 is 0 Å². The van der Waals surface area contributed by atoms with Gasteiger partial charge in [0, 0.05) is 20.0 Å². The third-order valence-corrected chi connectivity index (χ3v) is 2.46. The molecule has 1 saturated carbocycles. The Morgan fingerprint density at radius 3 is 2.57 bits per heavy atom. The molecule has 0 aromatic carbocycles. The van der Waals surface area contributed by atoms with Gasteiger partial charge in [0.25, 0.3) is 0 Å². The van der Waals surface area contributed by atoms with E-state index in [1.807, 2.05) is 0 Å². The Balaban J connectivity index is 2.15. The highest BCUT2D eigenvalue weighted by Gasteiger charge is 2.25. The molecule has 1 amide bonds. The number of carbonyl (C=O) groups is 2. The largest absolute Gasteiger partial charge is 0.469 e. The molecule has 1 aliphatic rings. The summed E-state index contributed by atoms with van der Waals surface area (Å²) in [5, 5.41) is 0. The maximum absolute atomic E-state index is 11.5. The topological polar surface area (TPSA) is 46.6 Å². The minimum absolute atomic E-state index is 0.136. The molecule has 1 aliphatic carbocycles. The smallest absolute Gasteiger partial charge is 0.307 e. The highest BCUT2D eigenvalue weighted by atomic mass is 16.5. The summed E-state index contributed by atoms with van der Waals surface area (Å²) in [6.45, 7) is 0.457. The summed E-state index contributed by atoms with van der Waals surface area (Å²) >= 11 is 0. The summed E-state index contributed by atoms with van der Waals surface area (Å²) in [6, 6.07) is 0. The van der Waals surface area contributed by atoms with Gasteiger partial charge in [0.15, 0.2) is 0 Å². The fourth-order valence-electron chi connectivity index (χ4n) is 1.21. The molecule has 0 aliphatic heterocycles. The van der Waals surface area contributed by atoms with E-state index in [4.69, 9.17) is 0 Å². The fraction of sp³-hybridized carbons (Fsp3) is 0.800. The summed E-state index contributed by atoms with van der Waals surface area (Å²) in [5.74, 6) is 0.468. The standard InChI is InChI=1S/C10H17NO3/c1-11(6-5-10(13)14-2)9(12)7-8-3-4-8/h8H,3-7H2,1-2H3. The summed E-state index contributed by atoms with van der Waals surface area (Å²) < 4.78 is 4.50. The maximum atomic E-state index is 11.5. The molecule has 4 nitrogen and oxygen atoms in total. The molecule has 0 radical (unpaired) electrons. The fourth-order valence-corrected chi connectivity index (χ4v) is 1.21. The third-order valence-electron chi connectivity index (χ3n) is 2.46. The molecule has 0 spiro atoms. The highest BCUT2D eigenvalue weighted by molar-refractivity contribution is 5.77. The van der Waals surface area contributed by atoms with Crippen molar-refractivity contribution in [3.8, 4) is 0 Å². The zero-order valence-corrected chi connectivity index (χ0v) is 8.78. The van der Waals surface area contributed by atoms with E-state index in [1.165, 1.54) is 20.0 Å². The molecule has 14 heavy (non-hydrogen) atoms. The van der Waals surface area contributed by atoms with Crippen molar-refractivity contribution in [2.24, 2.45) is 5.92 Å². The van der Waals surface area contributed by atoms with Crippen LogP contribution in [0.5, 0.6) is 0 Å². The normalized spacial score (nSPS) is 15.0. The van der Waals surface area contributed by atoms with Gasteiger partial charge in [0.1, 0.15) is 0 Å². The van der Waals surface area contributed by atoms with Gasteiger partial charge >= 0.3 is 5.97 Å². The molecule has 0 N–H and O–H groups in total. The van der Waals surface area contributed by atoms with Crippen LogP contribution in [0, 0.1) is 5.92 Å². The van der Waals surface area contributed by atoms with E-state index in [1.54, 1.807) is 11.9 Å². The quantitative estimate of drug-likeness (QED) is 0.615. The number of nitrogens with zero attached hydrogens (tertiary/aromatic N) is 1. The van der Waals surface area contributed by atoms with Crippen LogP contribution in [0.2, 0.25) is 0 Å². The lowest BCUT2D eigenvalue weighted by atomic mass is 10.2. The molecule has 4 heteroatoms. The molecule has 0 atom stereocenters. The van der Waals surface area contributed by atoms with Crippen LogP contribution in [0.25, 0.3) is 0 Å².